The minimum atomic E-state index is 0.279. The zero-order valence-electron chi connectivity index (χ0n) is 10.0. The van der Waals surface area contributed by atoms with Crippen molar-refractivity contribution in [1.82, 2.24) is 0 Å². The third-order valence-electron chi connectivity index (χ3n) is 2.00. The second-order valence-electron chi connectivity index (χ2n) is 3.55. The van der Waals surface area contributed by atoms with Crippen LogP contribution in [0, 0.1) is 0 Å². The first-order valence-corrected chi connectivity index (χ1v) is 6.91. The van der Waals surface area contributed by atoms with Gasteiger partial charge in [0.2, 0.25) is 0 Å². The van der Waals surface area contributed by atoms with Crippen molar-refractivity contribution in [3.05, 3.63) is 12.3 Å². The summed E-state index contributed by atoms with van der Waals surface area (Å²) in [6.45, 7) is 11.1. The Balaban J connectivity index is 3.73. The lowest BCUT2D eigenvalue weighted by Gasteiger charge is -2.15. The van der Waals surface area contributed by atoms with E-state index in [2.05, 4.69) is 27.4 Å². The van der Waals surface area contributed by atoms with E-state index >= 15 is 0 Å². The molecule has 1 unspecified atom stereocenters. The van der Waals surface area contributed by atoms with E-state index in [1.165, 1.54) is 0 Å². The van der Waals surface area contributed by atoms with Crippen LogP contribution in [0.15, 0.2) is 12.3 Å². The molecule has 0 spiro atoms. The highest BCUT2D eigenvalue weighted by Gasteiger charge is 2.10. The minimum absolute atomic E-state index is 0.279. The Morgan fingerprint density at radius 2 is 2.07 bits per heavy atom. The SMILES string of the molecule is C=C(OCCCC)C(C)SC(=S)CCC. The summed E-state index contributed by atoms with van der Waals surface area (Å²) in [6, 6.07) is 0. The maximum Gasteiger partial charge on any atom is 0.102 e. The van der Waals surface area contributed by atoms with E-state index in [0.717, 1.165) is 42.2 Å². The van der Waals surface area contributed by atoms with Gasteiger partial charge in [-0.1, -0.05) is 45.5 Å². The highest BCUT2D eigenvalue weighted by atomic mass is 32.2. The zero-order chi connectivity index (χ0) is 11.7. The average molecular weight is 246 g/mol. The van der Waals surface area contributed by atoms with E-state index in [1.54, 1.807) is 11.8 Å². The van der Waals surface area contributed by atoms with Crippen molar-refractivity contribution in [2.24, 2.45) is 0 Å². The molecule has 0 N–H and O–H groups in total. The average Bonchev–Trinajstić information content (AvgIpc) is 2.18. The summed E-state index contributed by atoms with van der Waals surface area (Å²) < 4.78 is 6.61. The van der Waals surface area contributed by atoms with Gasteiger partial charge in [-0.15, -0.1) is 11.8 Å². The van der Waals surface area contributed by atoms with Gasteiger partial charge in [0.1, 0.15) is 5.76 Å². The fourth-order valence-electron chi connectivity index (χ4n) is 0.991. The number of unbranched alkanes of at least 4 members (excludes halogenated alkanes) is 1. The van der Waals surface area contributed by atoms with Gasteiger partial charge in [-0.25, -0.2) is 0 Å². The Morgan fingerprint density at radius 3 is 2.60 bits per heavy atom. The predicted octanol–water partition coefficient (Wildman–Crippen LogP) is 4.57. The van der Waals surface area contributed by atoms with Crippen molar-refractivity contribution in [2.75, 3.05) is 6.61 Å². The Bertz CT molecular complexity index is 202. The van der Waals surface area contributed by atoms with Crippen LogP contribution in [0.1, 0.15) is 46.5 Å². The monoisotopic (exact) mass is 246 g/mol. The molecular weight excluding hydrogens is 224 g/mol. The molecule has 0 aliphatic rings. The lowest BCUT2D eigenvalue weighted by molar-refractivity contribution is 0.204. The van der Waals surface area contributed by atoms with Crippen molar-refractivity contribution >= 4 is 28.2 Å². The molecule has 0 aromatic rings. The van der Waals surface area contributed by atoms with Crippen molar-refractivity contribution in [1.29, 1.82) is 0 Å². The summed E-state index contributed by atoms with van der Waals surface area (Å²) in [5.74, 6) is 0.854. The molecule has 15 heavy (non-hydrogen) atoms. The van der Waals surface area contributed by atoms with Crippen LogP contribution in [-0.4, -0.2) is 16.1 Å². The molecule has 0 heterocycles. The van der Waals surface area contributed by atoms with Crippen LogP contribution in [-0.2, 0) is 4.74 Å². The van der Waals surface area contributed by atoms with Crippen LogP contribution in [0.25, 0.3) is 0 Å². The van der Waals surface area contributed by atoms with E-state index < -0.39 is 0 Å². The van der Waals surface area contributed by atoms with Crippen LogP contribution in [0.4, 0.5) is 0 Å². The quantitative estimate of drug-likeness (QED) is 0.353. The predicted molar refractivity (Wildman–Crippen MR) is 74.6 cm³/mol. The summed E-state index contributed by atoms with van der Waals surface area (Å²) in [5, 5.41) is 0.279. The standard InChI is InChI=1S/C12H22OS2/c1-5-7-9-13-10(3)11(4)15-12(14)8-6-2/h11H,3,5-9H2,1-2,4H3. The molecule has 0 saturated carbocycles. The second-order valence-corrected chi connectivity index (χ2v) is 5.74. The van der Waals surface area contributed by atoms with Gasteiger partial charge >= 0.3 is 0 Å². The van der Waals surface area contributed by atoms with Crippen molar-refractivity contribution in [3.63, 3.8) is 0 Å². The van der Waals surface area contributed by atoms with Crippen LogP contribution in [0.5, 0.6) is 0 Å². The maximum absolute atomic E-state index is 5.55. The fourth-order valence-corrected chi connectivity index (χ4v) is 2.54. The molecule has 0 aromatic carbocycles. The van der Waals surface area contributed by atoms with Gasteiger partial charge in [-0.3, -0.25) is 0 Å². The number of hydrogen-bond acceptors (Lipinski definition) is 3. The first-order valence-electron chi connectivity index (χ1n) is 5.62. The Labute approximate surface area is 104 Å². The van der Waals surface area contributed by atoms with E-state index in [9.17, 15) is 0 Å². The first kappa shape index (κ1) is 15.0. The van der Waals surface area contributed by atoms with Gasteiger partial charge < -0.3 is 4.74 Å². The van der Waals surface area contributed by atoms with Gasteiger partial charge in [-0.05, 0) is 19.8 Å². The van der Waals surface area contributed by atoms with E-state index in [-0.39, 0.29) is 5.25 Å². The molecule has 1 atom stereocenters. The number of thiocarbonyl (C=S) groups is 1. The van der Waals surface area contributed by atoms with Crippen molar-refractivity contribution in [2.45, 2.75) is 51.7 Å². The third-order valence-corrected chi connectivity index (χ3v) is 3.58. The lowest BCUT2D eigenvalue weighted by Crippen LogP contribution is -2.07. The molecule has 0 radical (unpaired) electrons. The van der Waals surface area contributed by atoms with Gasteiger partial charge in [0.25, 0.3) is 0 Å². The molecule has 0 saturated heterocycles. The Hall–Kier alpha value is -0.0200. The third kappa shape index (κ3) is 7.86. The highest BCUT2D eigenvalue weighted by molar-refractivity contribution is 8.23. The molecular formula is C12H22OS2. The molecule has 0 aromatic heterocycles. The number of hydrogen-bond donors (Lipinski definition) is 0. The topological polar surface area (TPSA) is 9.23 Å². The molecule has 0 aliphatic heterocycles. The molecule has 0 fully saturated rings. The van der Waals surface area contributed by atoms with Gasteiger partial charge in [0.05, 0.1) is 11.9 Å². The molecule has 0 aliphatic carbocycles. The number of thioether (sulfide) groups is 1. The van der Waals surface area contributed by atoms with Crippen molar-refractivity contribution in [3.8, 4) is 0 Å². The van der Waals surface area contributed by atoms with Crippen LogP contribution in [0.2, 0.25) is 0 Å². The summed E-state index contributed by atoms with van der Waals surface area (Å²) >= 11 is 6.95. The second kappa shape index (κ2) is 9.22. The van der Waals surface area contributed by atoms with Crippen LogP contribution < -0.4 is 0 Å². The molecule has 3 heteroatoms. The van der Waals surface area contributed by atoms with E-state index in [4.69, 9.17) is 17.0 Å². The molecule has 88 valence electrons. The molecule has 0 amide bonds. The number of ether oxygens (including phenoxy) is 1. The summed E-state index contributed by atoms with van der Waals surface area (Å²) in [6.07, 6.45) is 4.37. The molecule has 1 nitrogen and oxygen atoms in total. The minimum Gasteiger partial charge on any atom is -0.497 e. The smallest absolute Gasteiger partial charge is 0.102 e. The first-order chi connectivity index (χ1) is 7.11. The Morgan fingerprint density at radius 1 is 1.40 bits per heavy atom. The maximum atomic E-state index is 5.55. The van der Waals surface area contributed by atoms with Crippen molar-refractivity contribution < 1.29 is 4.74 Å². The summed E-state index contributed by atoms with van der Waals surface area (Å²) in [7, 11) is 0. The van der Waals surface area contributed by atoms with E-state index in [0.29, 0.717) is 0 Å². The summed E-state index contributed by atoms with van der Waals surface area (Å²) in [4.78, 5) is 0. The fraction of sp³-hybridized carbons (Fsp3) is 0.750. The van der Waals surface area contributed by atoms with Gasteiger partial charge in [0.15, 0.2) is 0 Å². The lowest BCUT2D eigenvalue weighted by atomic mass is 10.3. The van der Waals surface area contributed by atoms with Crippen LogP contribution >= 0.6 is 24.0 Å². The largest absolute Gasteiger partial charge is 0.497 e. The van der Waals surface area contributed by atoms with Gasteiger partial charge in [-0.2, -0.15) is 0 Å². The van der Waals surface area contributed by atoms with Gasteiger partial charge in [0, 0.05) is 4.20 Å². The zero-order valence-corrected chi connectivity index (χ0v) is 11.7. The molecule has 0 rings (SSSR count). The summed E-state index contributed by atoms with van der Waals surface area (Å²) in [5.41, 5.74) is 0. The van der Waals surface area contributed by atoms with Crippen LogP contribution in [0.3, 0.4) is 0 Å². The molecule has 0 bridgehead atoms. The highest BCUT2D eigenvalue weighted by Crippen LogP contribution is 2.22. The Kier molecular flexibility index (Phi) is 9.21. The number of rotatable bonds is 8. The van der Waals surface area contributed by atoms with E-state index in [1.807, 2.05) is 0 Å². The normalized spacial score (nSPS) is 12.2.